The van der Waals surface area contributed by atoms with Gasteiger partial charge in [0.2, 0.25) is 5.91 Å². The van der Waals surface area contributed by atoms with Gasteiger partial charge in [0, 0.05) is 31.9 Å². The van der Waals surface area contributed by atoms with Crippen molar-refractivity contribution < 1.29 is 4.79 Å². The Bertz CT molecular complexity index is 795. The van der Waals surface area contributed by atoms with E-state index >= 15 is 0 Å². The van der Waals surface area contributed by atoms with Crippen LogP contribution < -0.4 is 0 Å². The zero-order valence-corrected chi connectivity index (χ0v) is 17.8. The molecule has 1 aromatic heterocycles. The van der Waals surface area contributed by atoms with E-state index in [1.165, 1.54) is 24.0 Å². The first-order chi connectivity index (χ1) is 14.2. The Balaban J connectivity index is 1.43. The molecular formula is C25H33N3O. The van der Waals surface area contributed by atoms with Crippen LogP contribution in [0.3, 0.4) is 0 Å². The number of piperidine rings is 1. The molecule has 0 atom stereocenters. The van der Waals surface area contributed by atoms with Crippen molar-refractivity contribution in [2.75, 3.05) is 32.7 Å². The summed E-state index contributed by atoms with van der Waals surface area (Å²) in [5.74, 6) is 0.678. The molecule has 0 saturated carbocycles. The summed E-state index contributed by atoms with van der Waals surface area (Å²) in [6, 6.07) is 14.4. The largest absolute Gasteiger partial charge is 0.339 e. The van der Waals surface area contributed by atoms with Gasteiger partial charge in [-0.25, -0.2) is 0 Å². The smallest absolute Gasteiger partial charge is 0.246 e. The van der Waals surface area contributed by atoms with E-state index in [0.717, 1.165) is 44.8 Å². The minimum atomic E-state index is 0.0835. The Morgan fingerprint density at radius 2 is 1.93 bits per heavy atom. The van der Waals surface area contributed by atoms with E-state index in [0.29, 0.717) is 5.92 Å². The van der Waals surface area contributed by atoms with Crippen LogP contribution in [-0.2, 0) is 11.2 Å². The van der Waals surface area contributed by atoms with Crippen molar-refractivity contribution in [3.05, 3.63) is 71.6 Å². The van der Waals surface area contributed by atoms with Crippen LogP contribution in [0.4, 0.5) is 0 Å². The summed E-state index contributed by atoms with van der Waals surface area (Å²) in [6.45, 7) is 9.25. The average Bonchev–Trinajstić information content (AvgIpc) is 2.77. The summed E-state index contributed by atoms with van der Waals surface area (Å²) in [6.07, 6.45) is 8.66. The van der Waals surface area contributed by atoms with E-state index in [1.807, 2.05) is 23.1 Å². The van der Waals surface area contributed by atoms with E-state index in [2.05, 4.69) is 48.0 Å². The van der Waals surface area contributed by atoms with Gasteiger partial charge in [-0.3, -0.25) is 9.78 Å². The van der Waals surface area contributed by atoms with Crippen LogP contribution in [0.1, 0.15) is 36.6 Å². The number of likely N-dealkylation sites (N-methyl/N-ethyl adjacent to an activating group) is 1. The molecule has 3 rings (SSSR count). The third kappa shape index (κ3) is 6.53. The first kappa shape index (κ1) is 21.3. The number of hydrogen-bond acceptors (Lipinski definition) is 3. The second-order valence-electron chi connectivity index (χ2n) is 7.93. The molecule has 0 aliphatic carbocycles. The summed E-state index contributed by atoms with van der Waals surface area (Å²) in [4.78, 5) is 21.4. The molecule has 1 aliphatic rings. The van der Waals surface area contributed by atoms with Gasteiger partial charge in [0.1, 0.15) is 0 Å². The fourth-order valence-corrected chi connectivity index (χ4v) is 3.98. The molecule has 29 heavy (non-hydrogen) atoms. The van der Waals surface area contributed by atoms with E-state index in [1.54, 1.807) is 18.3 Å². The Morgan fingerprint density at radius 1 is 1.17 bits per heavy atom. The van der Waals surface area contributed by atoms with Crippen LogP contribution in [0, 0.1) is 12.8 Å². The highest BCUT2D eigenvalue weighted by Gasteiger charge is 2.22. The Labute approximate surface area is 175 Å². The highest BCUT2D eigenvalue weighted by atomic mass is 16.2. The van der Waals surface area contributed by atoms with Crippen LogP contribution in [0.2, 0.25) is 0 Å². The molecule has 0 radical (unpaired) electrons. The Kier molecular flexibility index (Phi) is 8.00. The lowest BCUT2D eigenvalue weighted by Gasteiger charge is -2.34. The van der Waals surface area contributed by atoms with Crippen LogP contribution in [0.25, 0.3) is 6.08 Å². The third-order valence-corrected chi connectivity index (χ3v) is 5.92. The molecule has 0 bridgehead atoms. The third-order valence-electron chi connectivity index (χ3n) is 5.92. The van der Waals surface area contributed by atoms with Crippen LogP contribution >= 0.6 is 0 Å². The van der Waals surface area contributed by atoms with Crippen molar-refractivity contribution >= 4 is 12.0 Å². The van der Waals surface area contributed by atoms with E-state index < -0.39 is 0 Å². The highest BCUT2D eigenvalue weighted by Crippen LogP contribution is 2.19. The number of carbonyl (C=O) groups excluding carboxylic acids is 1. The molecule has 0 spiro atoms. The van der Waals surface area contributed by atoms with E-state index in [9.17, 15) is 4.79 Å². The van der Waals surface area contributed by atoms with Crippen molar-refractivity contribution in [3.8, 4) is 0 Å². The van der Waals surface area contributed by atoms with Gasteiger partial charge in [0.05, 0.1) is 5.69 Å². The number of pyridine rings is 1. The van der Waals surface area contributed by atoms with Gasteiger partial charge >= 0.3 is 0 Å². The Morgan fingerprint density at radius 3 is 2.62 bits per heavy atom. The van der Waals surface area contributed by atoms with Gasteiger partial charge in [-0.05, 0) is 81.5 Å². The number of amides is 1. The number of carbonyl (C=O) groups is 1. The number of aryl methyl sites for hydroxylation is 1. The van der Waals surface area contributed by atoms with Gasteiger partial charge in [-0.2, -0.15) is 0 Å². The first-order valence-electron chi connectivity index (χ1n) is 10.8. The van der Waals surface area contributed by atoms with Gasteiger partial charge in [0.25, 0.3) is 0 Å². The minimum Gasteiger partial charge on any atom is -0.339 e. The fourth-order valence-electron chi connectivity index (χ4n) is 3.98. The number of benzene rings is 1. The first-order valence-corrected chi connectivity index (χ1v) is 10.8. The molecule has 1 aliphatic heterocycles. The predicted octanol–water partition coefficient (Wildman–Crippen LogP) is 4.21. The van der Waals surface area contributed by atoms with Crippen molar-refractivity contribution in [2.24, 2.45) is 5.92 Å². The number of hydrogen-bond donors (Lipinski definition) is 0. The standard InChI is InChI=1S/C25H33N3O/c1-3-28(25(29)12-11-24-10-6-7-16-26-24)20-22-13-17-27(18-14-22)19-15-23-9-5-4-8-21(23)2/h4-12,16,22H,3,13-15,17-20H2,1-2H3. The van der Waals surface area contributed by atoms with Gasteiger partial charge in [-0.15, -0.1) is 0 Å². The number of aromatic nitrogens is 1. The molecule has 0 N–H and O–H groups in total. The average molecular weight is 392 g/mol. The van der Waals surface area contributed by atoms with Crippen molar-refractivity contribution in [2.45, 2.75) is 33.1 Å². The predicted molar refractivity (Wildman–Crippen MR) is 120 cm³/mol. The van der Waals surface area contributed by atoms with Gasteiger partial charge in [0.15, 0.2) is 0 Å². The van der Waals surface area contributed by atoms with Crippen molar-refractivity contribution in [3.63, 3.8) is 0 Å². The number of nitrogens with zero attached hydrogens (tertiary/aromatic N) is 3. The van der Waals surface area contributed by atoms with Gasteiger partial charge in [-0.1, -0.05) is 30.3 Å². The fraction of sp³-hybridized carbons (Fsp3) is 0.440. The van der Waals surface area contributed by atoms with E-state index in [4.69, 9.17) is 0 Å². The molecule has 1 saturated heterocycles. The second-order valence-corrected chi connectivity index (χ2v) is 7.93. The number of likely N-dealkylation sites (tertiary alicyclic amines) is 1. The van der Waals surface area contributed by atoms with E-state index in [-0.39, 0.29) is 5.91 Å². The molecular weight excluding hydrogens is 358 g/mol. The summed E-state index contributed by atoms with van der Waals surface area (Å²) >= 11 is 0. The van der Waals surface area contributed by atoms with Crippen LogP contribution in [0.5, 0.6) is 0 Å². The highest BCUT2D eigenvalue weighted by molar-refractivity contribution is 5.91. The monoisotopic (exact) mass is 391 g/mol. The topological polar surface area (TPSA) is 36.4 Å². The molecule has 1 fully saturated rings. The zero-order valence-electron chi connectivity index (χ0n) is 17.8. The van der Waals surface area contributed by atoms with Crippen LogP contribution in [0.15, 0.2) is 54.7 Å². The molecule has 154 valence electrons. The quantitative estimate of drug-likeness (QED) is 0.633. The van der Waals surface area contributed by atoms with Crippen molar-refractivity contribution in [1.82, 2.24) is 14.8 Å². The summed E-state index contributed by atoms with van der Waals surface area (Å²) in [5.41, 5.74) is 3.66. The number of rotatable bonds is 8. The normalized spacial score (nSPS) is 15.7. The van der Waals surface area contributed by atoms with Crippen LogP contribution in [-0.4, -0.2) is 53.4 Å². The molecule has 1 aromatic carbocycles. The zero-order chi connectivity index (χ0) is 20.5. The molecule has 2 heterocycles. The second kappa shape index (κ2) is 10.9. The minimum absolute atomic E-state index is 0.0835. The molecule has 4 nitrogen and oxygen atoms in total. The maximum atomic E-state index is 12.6. The summed E-state index contributed by atoms with van der Waals surface area (Å²) in [5, 5.41) is 0. The molecule has 0 unspecified atom stereocenters. The SMILES string of the molecule is CCN(CC1CCN(CCc2ccccc2C)CC1)C(=O)C=Cc1ccccn1. The summed E-state index contributed by atoms with van der Waals surface area (Å²) < 4.78 is 0. The summed E-state index contributed by atoms with van der Waals surface area (Å²) in [7, 11) is 0. The Hall–Kier alpha value is -2.46. The van der Waals surface area contributed by atoms with Crippen molar-refractivity contribution in [1.29, 1.82) is 0 Å². The molecule has 2 aromatic rings. The molecule has 1 amide bonds. The maximum absolute atomic E-state index is 12.6. The molecule has 4 heteroatoms. The lowest BCUT2D eigenvalue weighted by Crippen LogP contribution is -2.41. The maximum Gasteiger partial charge on any atom is 0.246 e. The van der Waals surface area contributed by atoms with Gasteiger partial charge < -0.3 is 9.80 Å². The lowest BCUT2D eigenvalue weighted by atomic mass is 9.95. The lowest BCUT2D eigenvalue weighted by molar-refractivity contribution is -0.126.